The van der Waals surface area contributed by atoms with Gasteiger partial charge in [0.1, 0.15) is 15.9 Å². The van der Waals surface area contributed by atoms with Crippen LogP contribution in [0.15, 0.2) is 18.2 Å². The van der Waals surface area contributed by atoms with E-state index in [9.17, 15) is 10.1 Å². The fourth-order valence-corrected chi connectivity index (χ4v) is 6.30. The van der Waals surface area contributed by atoms with Crippen molar-refractivity contribution in [1.82, 2.24) is 0 Å². The van der Waals surface area contributed by atoms with Gasteiger partial charge >= 0.3 is 0 Å². The van der Waals surface area contributed by atoms with Crippen molar-refractivity contribution in [1.29, 1.82) is 5.26 Å². The summed E-state index contributed by atoms with van der Waals surface area (Å²) in [7, 11) is 0. The number of carbonyl (C=O) groups is 1. The molecule has 1 aliphatic rings. The van der Waals surface area contributed by atoms with Gasteiger partial charge in [0.15, 0.2) is 0 Å². The van der Waals surface area contributed by atoms with Crippen molar-refractivity contribution in [2.24, 2.45) is 5.92 Å². The predicted octanol–water partition coefficient (Wildman–Crippen LogP) is 6.17. The van der Waals surface area contributed by atoms with E-state index in [-0.39, 0.29) is 5.91 Å². The van der Waals surface area contributed by atoms with Gasteiger partial charge in [0.25, 0.3) is 5.91 Å². The van der Waals surface area contributed by atoms with E-state index in [4.69, 9.17) is 11.6 Å². The normalized spacial score (nSPS) is 16.3. The SMILES string of the molecule is Cc1ccc2c(Cl)c(C(=O)Nc3sc4c(c3C#N)CCC(C)C4)sc2c1. The Balaban J connectivity index is 1.69. The van der Waals surface area contributed by atoms with E-state index in [0.29, 0.717) is 26.4 Å². The third-order valence-electron chi connectivity index (χ3n) is 4.84. The van der Waals surface area contributed by atoms with E-state index in [1.165, 1.54) is 27.6 Å². The smallest absolute Gasteiger partial charge is 0.267 e. The molecule has 6 heteroatoms. The number of nitrogens with zero attached hydrogens (tertiary/aromatic N) is 1. The van der Waals surface area contributed by atoms with Crippen molar-refractivity contribution >= 4 is 55.3 Å². The summed E-state index contributed by atoms with van der Waals surface area (Å²) in [5.74, 6) is 0.383. The van der Waals surface area contributed by atoms with Gasteiger partial charge in [-0.25, -0.2) is 0 Å². The number of nitriles is 1. The molecule has 3 nitrogen and oxygen atoms in total. The van der Waals surface area contributed by atoms with Crippen LogP contribution in [0.5, 0.6) is 0 Å². The number of hydrogen-bond acceptors (Lipinski definition) is 4. The number of carbonyl (C=O) groups excluding carboxylic acids is 1. The van der Waals surface area contributed by atoms with Gasteiger partial charge in [-0.15, -0.1) is 22.7 Å². The lowest BCUT2D eigenvalue weighted by Crippen LogP contribution is -2.11. The Morgan fingerprint density at radius 1 is 1.38 bits per heavy atom. The molecule has 1 unspecified atom stereocenters. The summed E-state index contributed by atoms with van der Waals surface area (Å²) in [6.07, 6.45) is 2.98. The Bertz CT molecular complexity index is 1070. The first-order valence-electron chi connectivity index (χ1n) is 8.52. The van der Waals surface area contributed by atoms with Crippen molar-refractivity contribution < 1.29 is 4.79 Å². The molecule has 1 atom stereocenters. The Morgan fingerprint density at radius 3 is 2.96 bits per heavy atom. The summed E-state index contributed by atoms with van der Waals surface area (Å²) in [6.45, 7) is 4.25. The first kappa shape index (κ1) is 17.5. The standard InChI is InChI=1S/C20H17ClN2OS2/c1-10-3-5-12-14(9-22)20(26-15(12)7-10)23-19(24)18-17(21)13-6-4-11(2)8-16(13)25-18/h4,6,8,10H,3,5,7H2,1-2H3,(H,23,24). The Labute approximate surface area is 165 Å². The zero-order chi connectivity index (χ0) is 18.4. The van der Waals surface area contributed by atoms with Gasteiger partial charge in [0.2, 0.25) is 0 Å². The molecule has 0 radical (unpaired) electrons. The largest absolute Gasteiger partial charge is 0.312 e. The highest BCUT2D eigenvalue weighted by Gasteiger charge is 2.26. The minimum atomic E-state index is -0.239. The molecule has 1 aliphatic carbocycles. The van der Waals surface area contributed by atoms with E-state index >= 15 is 0 Å². The molecular weight excluding hydrogens is 384 g/mol. The van der Waals surface area contributed by atoms with Gasteiger partial charge in [0.05, 0.1) is 10.6 Å². The molecule has 0 bridgehead atoms. The summed E-state index contributed by atoms with van der Waals surface area (Å²) in [6, 6.07) is 8.27. The number of aryl methyl sites for hydroxylation is 1. The molecule has 0 saturated carbocycles. The van der Waals surface area contributed by atoms with E-state index in [0.717, 1.165) is 40.5 Å². The number of hydrogen-bond donors (Lipinski definition) is 1. The quantitative estimate of drug-likeness (QED) is 0.558. The molecule has 0 fully saturated rings. The van der Waals surface area contributed by atoms with Crippen LogP contribution >= 0.6 is 34.3 Å². The highest BCUT2D eigenvalue weighted by Crippen LogP contribution is 2.41. The van der Waals surface area contributed by atoms with Gasteiger partial charge in [-0.2, -0.15) is 5.26 Å². The van der Waals surface area contributed by atoms with Crippen molar-refractivity contribution in [2.45, 2.75) is 33.1 Å². The predicted molar refractivity (Wildman–Crippen MR) is 110 cm³/mol. The molecule has 2 aromatic heterocycles. The minimum Gasteiger partial charge on any atom is -0.312 e. The third kappa shape index (κ3) is 2.92. The van der Waals surface area contributed by atoms with Crippen LogP contribution in [-0.4, -0.2) is 5.91 Å². The maximum Gasteiger partial charge on any atom is 0.267 e. The molecule has 26 heavy (non-hydrogen) atoms. The van der Waals surface area contributed by atoms with Crippen LogP contribution in [0.1, 0.15) is 44.6 Å². The first-order valence-corrected chi connectivity index (χ1v) is 10.5. The number of halogens is 1. The molecule has 3 aromatic rings. The van der Waals surface area contributed by atoms with Gasteiger partial charge in [-0.1, -0.05) is 30.7 Å². The first-order chi connectivity index (χ1) is 12.5. The second-order valence-electron chi connectivity index (χ2n) is 6.87. The van der Waals surface area contributed by atoms with E-state index in [1.807, 2.05) is 25.1 Å². The third-order valence-corrected chi connectivity index (χ3v) is 7.67. The lowest BCUT2D eigenvalue weighted by molar-refractivity contribution is 0.103. The Hall–Kier alpha value is -1.87. The Morgan fingerprint density at radius 2 is 2.19 bits per heavy atom. The van der Waals surface area contributed by atoms with Gasteiger partial charge in [-0.05, 0) is 49.3 Å². The summed E-state index contributed by atoms with van der Waals surface area (Å²) in [5.41, 5.74) is 2.87. The van der Waals surface area contributed by atoms with E-state index < -0.39 is 0 Å². The van der Waals surface area contributed by atoms with Crippen molar-refractivity contribution in [3.8, 4) is 6.07 Å². The molecule has 1 N–H and O–H groups in total. The number of anilines is 1. The summed E-state index contributed by atoms with van der Waals surface area (Å²) >= 11 is 9.38. The number of thiophene rings is 2. The summed E-state index contributed by atoms with van der Waals surface area (Å²) < 4.78 is 1.000. The summed E-state index contributed by atoms with van der Waals surface area (Å²) in [5, 5.41) is 14.6. The van der Waals surface area contributed by atoms with Gasteiger partial charge in [0, 0.05) is 15.0 Å². The Kier molecular flexibility index (Phi) is 4.52. The van der Waals surface area contributed by atoms with Crippen LogP contribution in [-0.2, 0) is 12.8 Å². The lowest BCUT2D eigenvalue weighted by Gasteiger charge is -2.17. The maximum absolute atomic E-state index is 12.8. The molecule has 0 spiro atoms. The number of fused-ring (bicyclic) bond motifs is 2. The topological polar surface area (TPSA) is 52.9 Å². The molecule has 2 heterocycles. The van der Waals surface area contributed by atoms with Gasteiger partial charge in [-0.3, -0.25) is 4.79 Å². The molecular formula is C20H17ClN2OS2. The second-order valence-corrected chi connectivity index (χ2v) is 9.40. The molecule has 4 rings (SSSR count). The summed E-state index contributed by atoms with van der Waals surface area (Å²) in [4.78, 5) is 14.6. The van der Waals surface area contributed by atoms with Crippen molar-refractivity contribution in [3.05, 3.63) is 49.7 Å². The highest BCUT2D eigenvalue weighted by atomic mass is 35.5. The highest BCUT2D eigenvalue weighted by molar-refractivity contribution is 7.22. The average Bonchev–Trinajstić information content (AvgIpc) is 3.11. The molecule has 1 amide bonds. The number of amides is 1. The lowest BCUT2D eigenvalue weighted by atomic mass is 9.89. The zero-order valence-corrected chi connectivity index (χ0v) is 16.9. The van der Waals surface area contributed by atoms with E-state index in [1.54, 1.807) is 0 Å². The fourth-order valence-electron chi connectivity index (χ4n) is 3.44. The molecule has 0 aliphatic heterocycles. The number of benzene rings is 1. The fraction of sp³-hybridized carbons (Fsp3) is 0.300. The van der Waals surface area contributed by atoms with E-state index in [2.05, 4.69) is 18.3 Å². The zero-order valence-electron chi connectivity index (χ0n) is 14.5. The van der Waals surface area contributed by atoms with Crippen LogP contribution in [0.3, 0.4) is 0 Å². The van der Waals surface area contributed by atoms with Gasteiger partial charge < -0.3 is 5.32 Å². The average molecular weight is 401 g/mol. The molecule has 0 saturated heterocycles. The number of nitrogens with one attached hydrogen (secondary N) is 1. The van der Waals surface area contributed by atoms with Crippen LogP contribution in [0.2, 0.25) is 5.02 Å². The molecule has 132 valence electrons. The monoisotopic (exact) mass is 400 g/mol. The van der Waals surface area contributed by atoms with Crippen LogP contribution in [0.25, 0.3) is 10.1 Å². The molecule has 1 aromatic carbocycles. The van der Waals surface area contributed by atoms with Crippen molar-refractivity contribution in [2.75, 3.05) is 5.32 Å². The van der Waals surface area contributed by atoms with Crippen LogP contribution in [0, 0.1) is 24.2 Å². The number of rotatable bonds is 2. The maximum atomic E-state index is 12.8. The van der Waals surface area contributed by atoms with Crippen LogP contribution in [0.4, 0.5) is 5.00 Å². The van der Waals surface area contributed by atoms with Crippen molar-refractivity contribution in [3.63, 3.8) is 0 Å². The van der Waals surface area contributed by atoms with Crippen LogP contribution < -0.4 is 5.32 Å². The minimum absolute atomic E-state index is 0.239. The second kappa shape index (κ2) is 6.70.